The Morgan fingerprint density at radius 1 is 1.26 bits per heavy atom. The molecule has 0 spiro atoms. The molecule has 2 aliphatic carbocycles. The van der Waals surface area contributed by atoms with E-state index in [1.54, 1.807) is 42.8 Å². The fraction of sp³-hybridized carbons (Fsp3) is 0.167. The number of rotatable bonds is 2. The molecule has 1 aromatic rings. The van der Waals surface area contributed by atoms with Crippen LogP contribution in [0.4, 0.5) is 0 Å². The Labute approximate surface area is 132 Å². The highest BCUT2D eigenvalue weighted by Gasteiger charge is 2.27. The fourth-order valence-electron chi connectivity index (χ4n) is 2.89. The van der Waals surface area contributed by atoms with Crippen LogP contribution in [0.25, 0.3) is 22.0 Å². The van der Waals surface area contributed by atoms with Gasteiger partial charge in [-0.25, -0.2) is 4.79 Å². The highest BCUT2D eigenvalue weighted by Crippen LogP contribution is 2.37. The number of aromatic nitrogens is 1. The molecular formula is C18H14N2O3. The number of esters is 1. The van der Waals surface area contributed by atoms with Crippen LogP contribution in [0.2, 0.25) is 0 Å². The lowest BCUT2D eigenvalue weighted by Crippen LogP contribution is -2.12. The molecule has 0 bridgehead atoms. The first-order chi connectivity index (χ1) is 11.1. The Bertz CT molecular complexity index is 996. The van der Waals surface area contributed by atoms with Gasteiger partial charge >= 0.3 is 5.97 Å². The number of nitrogens with zero attached hydrogens (tertiary/aromatic N) is 2. The molecule has 0 atom stereocenters. The second-order valence-corrected chi connectivity index (χ2v) is 5.15. The molecule has 23 heavy (non-hydrogen) atoms. The molecule has 0 N–H and O–H groups in total. The summed E-state index contributed by atoms with van der Waals surface area (Å²) in [6, 6.07) is 10.9. The van der Waals surface area contributed by atoms with Gasteiger partial charge in [0, 0.05) is 13.2 Å². The smallest absolute Gasteiger partial charge is 0.340 e. The standard InChI is InChI=1S/C18H14N2O3/c1-3-23-18(22)15-13-8-6-4-5-7-12(13)14-16(15)20(2)10-11(9-19)17(14)21/h4-8,10H,3H2,1-2H3. The van der Waals surface area contributed by atoms with Crippen molar-refractivity contribution in [3.05, 3.63) is 57.9 Å². The molecule has 1 heterocycles. The van der Waals surface area contributed by atoms with Gasteiger partial charge in [0.2, 0.25) is 5.43 Å². The lowest BCUT2D eigenvalue weighted by Gasteiger charge is -2.06. The minimum Gasteiger partial charge on any atom is -0.462 e. The molecule has 0 fully saturated rings. The number of ether oxygens (including phenoxy) is 1. The molecule has 5 nitrogen and oxygen atoms in total. The zero-order valence-corrected chi connectivity index (χ0v) is 12.8. The third-order valence-electron chi connectivity index (χ3n) is 3.80. The molecule has 114 valence electrons. The summed E-state index contributed by atoms with van der Waals surface area (Å²) in [5.74, 6) is -0.474. The first kappa shape index (κ1) is 14.8. The predicted octanol–water partition coefficient (Wildman–Crippen LogP) is 2.69. The van der Waals surface area contributed by atoms with Crippen molar-refractivity contribution in [2.45, 2.75) is 6.92 Å². The molecule has 0 amide bonds. The third-order valence-corrected chi connectivity index (χ3v) is 3.80. The normalized spacial score (nSPS) is 10.7. The van der Waals surface area contributed by atoms with Gasteiger partial charge in [-0.2, -0.15) is 5.26 Å². The van der Waals surface area contributed by atoms with Crippen LogP contribution < -0.4 is 5.43 Å². The Morgan fingerprint density at radius 3 is 2.61 bits per heavy atom. The number of hydrogen-bond acceptors (Lipinski definition) is 4. The molecule has 0 saturated heterocycles. The fourth-order valence-corrected chi connectivity index (χ4v) is 2.89. The van der Waals surface area contributed by atoms with Crippen LogP contribution in [0.3, 0.4) is 0 Å². The van der Waals surface area contributed by atoms with Crippen LogP contribution in [0.15, 0.2) is 41.3 Å². The second-order valence-electron chi connectivity index (χ2n) is 5.15. The van der Waals surface area contributed by atoms with Crippen molar-refractivity contribution in [1.29, 1.82) is 5.26 Å². The van der Waals surface area contributed by atoms with Crippen molar-refractivity contribution >= 4 is 16.9 Å². The van der Waals surface area contributed by atoms with E-state index in [1.807, 2.05) is 12.1 Å². The lowest BCUT2D eigenvalue weighted by molar-refractivity contribution is 0.0529. The van der Waals surface area contributed by atoms with Crippen LogP contribution in [-0.4, -0.2) is 17.1 Å². The van der Waals surface area contributed by atoms with Gasteiger partial charge in [0.05, 0.1) is 23.1 Å². The van der Waals surface area contributed by atoms with Gasteiger partial charge in [0.1, 0.15) is 11.6 Å². The van der Waals surface area contributed by atoms with E-state index >= 15 is 0 Å². The summed E-state index contributed by atoms with van der Waals surface area (Å²) >= 11 is 0. The van der Waals surface area contributed by atoms with Gasteiger partial charge in [-0.3, -0.25) is 4.79 Å². The van der Waals surface area contributed by atoms with E-state index in [1.165, 1.54) is 6.20 Å². The van der Waals surface area contributed by atoms with Gasteiger partial charge in [-0.05, 0) is 18.1 Å². The Hall–Kier alpha value is -3.13. The van der Waals surface area contributed by atoms with Gasteiger partial charge in [-0.1, -0.05) is 30.3 Å². The summed E-state index contributed by atoms with van der Waals surface area (Å²) in [4.78, 5) is 25.1. The molecule has 2 aliphatic rings. The summed E-state index contributed by atoms with van der Waals surface area (Å²) in [6.07, 6.45) is 1.45. The third kappa shape index (κ3) is 2.16. The monoisotopic (exact) mass is 306 g/mol. The van der Waals surface area contributed by atoms with Gasteiger partial charge in [-0.15, -0.1) is 0 Å². The number of carbonyl (C=O) groups is 1. The highest BCUT2D eigenvalue weighted by molar-refractivity contribution is 6.16. The van der Waals surface area contributed by atoms with Crippen LogP contribution in [0.1, 0.15) is 22.8 Å². The quantitative estimate of drug-likeness (QED) is 0.682. The van der Waals surface area contributed by atoms with Crippen molar-refractivity contribution < 1.29 is 9.53 Å². The number of carbonyl (C=O) groups excluding carboxylic acids is 1. The molecule has 0 radical (unpaired) electrons. The average molecular weight is 306 g/mol. The second kappa shape index (κ2) is 5.58. The number of pyridine rings is 1. The minimum absolute atomic E-state index is 0.0498. The summed E-state index contributed by atoms with van der Waals surface area (Å²) < 4.78 is 6.81. The zero-order chi connectivity index (χ0) is 16.6. The molecule has 0 unspecified atom stereocenters. The molecule has 5 heteroatoms. The molecular weight excluding hydrogens is 292 g/mol. The first-order valence-corrected chi connectivity index (χ1v) is 7.21. The minimum atomic E-state index is -0.474. The van der Waals surface area contributed by atoms with Crippen molar-refractivity contribution in [2.24, 2.45) is 7.05 Å². The molecule has 0 aromatic carbocycles. The molecule has 3 rings (SSSR count). The summed E-state index contributed by atoms with van der Waals surface area (Å²) in [6.45, 7) is 1.98. The van der Waals surface area contributed by atoms with Crippen LogP contribution in [0.5, 0.6) is 0 Å². The molecule has 0 aliphatic heterocycles. The largest absolute Gasteiger partial charge is 0.462 e. The van der Waals surface area contributed by atoms with Gasteiger partial charge < -0.3 is 9.30 Å². The van der Waals surface area contributed by atoms with E-state index in [2.05, 4.69) is 0 Å². The van der Waals surface area contributed by atoms with Crippen molar-refractivity contribution in [3.63, 3.8) is 0 Å². The van der Waals surface area contributed by atoms with E-state index in [0.29, 0.717) is 27.6 Å². The lowest BCUT2D eigenvalue weighted by atomic mass is 10.1. The molecule has 1 aromatic heterocycles. The van der Waals surface area contributed by atoms with Crippen molar-refractivity contribution in [1.82, 2.24) is 4.57 Å². The SMILES string of the molecule is CCOC(=O)c1c2cccccc-2c2c(=O)c(C#N)cn(C)c12. The van der Waals surface area contributed by atoms with Crippen molar-refractivity contribution in [2.75, 3.05) is 6.61 Å². The van der Waals surface area contributed by atoms with E-state index in [0.717, 1.165) is 0 Å². The van der Waals surface area contributed by atoms with E-state index in [9.17, 15) is 9.59 Å². The Morgan fingerprint density at radius 2 is 1.96 bits per heavy atom. The Kier molecular flexibility index (Phi) is 3.59. The van der Waals surface area contributed by atoms with Gasteiger partial charge in [0.15, 0.2) is 0 Å². The maximum Gasteiger partial charge on any atom is 0.340 e. The summed E-state index contributed by atoms with van der Waals surface area (Å²) in [5, 5.41) is 9.54. The average Bonchev–Trinajstić information content (AvgIpc) is 2.68. The summed E-state index contributed by atoms with van der Waals surface area (Å²) in [7, 11) is 1.71. The van der Waals surface area contributed by atoms with E-state index < -0.39 is 5.97 Å². The number of fused-ring (bicyclic) bond motifs is 3. The maximum atomic E-state index is 12.6. The van der Waals surface area contributed by atoms with Crippen molar-refractivity contribution in [3.8, 4) is 17.2 Å². The number of hydrogen-bond donors (Lipinski definition) is 0. The topological polar surface area (TPSA) is 72.1 Å². The van der Waals surface area contributed by atoms with Crippen LogP contribution in [0, 0.1) is 11.3 Å². The van der Waals surface area contributed by atoms with Gasteiger partial charge in [0.25, 0.3) is 0 Å². The molecule has 0 saturated carbocycles. The number of nitriles is 1. The maximum absolute atomic E-state index is 12.6. The zero-order valence-electron chi connectivity index (χ0n) is 12.8. The van der Waals surface area contributed by atoms with E-state index in [4.69, 9.17) is 10.00 Å². The van der Waals surface area contributed by atoms with E-state index in [-0.39, 0.29) is 17.6 Å². The predicted molar refractivity (Wildman–Crippen MR) is 86.5 cm³/mol. The highest BCUT2D eigenvalue weighted by atomic mass is 16.5. The summed E-state index contributed by atoms with van der Waals surface area (Å²) in [5.41, 5.74) is 1.82. The number of aryl methyl sites for hydroxylation is 1. The Balaban J connectivity index is 2.57. The van der Waals surface area contributed by atoms with Crippen LogP contribution in [-0.2, 0) is 11.8 Å². The van der Waals surface area contributed by atoms with Crippen LogP contribution >= 0.6 is 0 Å². The first-order valence-electron chi connectivity index (χ1n) is 7.21.